The number of ether oxygens (including phenoxy) is 1. The van der Waals surface area contributed by atoms with Crippen molar-refractivity contribution in [1.29, 1.82) is 0 Å². The van der Waals surface area contributed by atoms with Crippen LogP contribution in [0.25, 0.3) is 0 Å². The summed E-state index contributed by atoms with van der Waals surface area (Å²) in [4.78, 5) is 13.2. The molecule has 0 aromatic heterocycles. The third-order valence-electron chi connectivity index (χ3n) is 2.65. The van der Waals surface area contributed by atoms with Gasteiger partial charge in [0.2, 0.25) is 0 Å². The molecule has 1 aromatic carbocycles. The molecular weight excluding hydrogens is 216 g/mol. The highest BCUT2D eigenvalue weighted by atomic mass is 16.5. The Morgan fingerprint density at radius 2 is 2.24 bits per heavy atom. The Kier molecular flexibility index (Phi) is 4.97. The molecule has 0 saturated carbocycles. The topological polar surface area (TPSA) is 55.6 Å². The Labute approximate surface area is 102 Å². The van der Waals surface area contributed by atoms with E-state index in [0.29, 0.717) is 12.3 Å². The quantitative estimate of drug-likeness (QED) is 0.844. The molecule has 0 heterocycles. The Morgan fingerprint density at radius 1 is 1.53 bits per heavy atom. The van der Waals surface area contributed by atoms with Gasteiger partial charge in [-0.25, -0.2) is 0 Å². The minimum absolute atomic E-state index is 0.0290. The molecule has 0 aliphatic carbocycles. The molecule has 0 aliphatic heterocycles. The summed E-state index contributed by atoms with van der Waals surface area (Å²) in [5, 5.41) is 0. The third-order valence-corrected chi connectivity index (χ3v) is 2.65. The van der Waals surface area contributed by atoms with Crippen molar-refractivity contribution in [1.82, 2.24) is 4.90 Å². The predicted molar refractivity (Wildman–Crippen MR) is 67.9 cm³/mol. The van der Waals surface area contributed by atoms with Crippen molar-refractivity contribution in [3.05, 3.63) is 29.8 Å². The van der Waals surface area contributed by atoms with E-state index in [1.165, 1.54) is 0 Å². The molecule has 0 fully saturated rings. The van der Waals surface area contributed by atoms with E-state index in [4.69, 9.17) is 10.5 Å². The number of likely N-dealkylation sites (N-methyl/N-ethyl adjacent to an activating group) is 1. The summed E-state index contributed by atoms with van der Waals surface area (Å²) >= 11 is 0. The molecule has 94 valence electrons. The van der Waals surface area contributed by atoms with E-state index < -0.39 is 0 Å². The fraction of sp³-hybridized carbons (Fsp3) is 0.462. The van der Waals surface area contributed by atoms with Gasteiger partial charge in [-0.3, -0.25) is 4.79 Å². The first-order chi connectivity index (χ1) is 8.04. The van der Waals surface area contributed by atoms with Crippen LogP contribution < -0.4 is 10.5 Å². The van der Waals surface area contributed by atoms with Crippen LogP contribution in [0.5, 0.6) is 5.75 Å². The van der Waals surface area contributed by atoms with Crippen LogP contribution in [0.1, 0.15) is 25.5 Å². The summed E-state index contributed by atoms with van der Waals surface area (Å²) in [7, 11) is 1.75. The van der Waals surface area contributed by atoms with Crippen molar-refractivity contribution in [2.45, 2.75) is 19.9 Å². The van der Waals surface area contributed by atoms with Gasteiger partial charge in [0.1, 0.15) is 5.75 Å². The SMILES string of the molecule is CCN(C)C(=O)COc1cccc([C@@H](C)N)c1. The van der Waals surface area contributed by atoms with E-state index in [0.717, 1.165) is 5.56 Å². The molecule has 0 radical (unpaired) electrons. The molecule has 1 aromatic rings. The Morgan fingerprint density at radius 3 is 2.82 bits per heavy atom. The van der Waals surface area contributed by atoms with Gasteiger partial charge in [0.15, 0.2) is 6.61 Å². The summed E-state index contributed by atoms with van der Waals surface area (Å²) in [6, 6.07) is 7.47. The van der Waals surface area contributed by atoms with Crippen molar-refractivity contribution in [2.24, 2.45) is 5.73 Å². The Hall–Kier alpha value is -1.55. The lowest BCUT2D eigenvalue weighted by molar-refractivity contribution is -0.131. The number of benzene rings is 1. The number of nitrogens with two attached hydrogens (primary N) is 1. The minimum Gasteiger partial charge on any atom is -0.484 e. The van der Waals surface area contributed by atoms with E-state index in [-0.39, 0.29) is 18.6 Å². The van der Waals surface area contributed by atoms with Crippen molar-refractivity contribution in [3.8, 4) is 5.75 Å². The lowest BCUT2D eigenvalue weighted by Gasteiger charge is -2.15. The van der Waals surface area contributed by atoms with Gasteiger partial charge < -0.3 is 15.4 Å². The maximum Gasteiger partial charge on any atom is 0.260 e. The third kappa shape index (κ3) is 4.07. The molecule has 1 atom stereocenters. The molecule has 0 saturated heterocycles. The first-order valence-corrected chi connectivity index (χ1v) is 5.77. The van der Waals surface area contributed by atoms with Crippen LogP contribution in [0, 0.1) is 0 Å². The smallest absolute Gasteiger partial charge is 0.260 e. The number of nitrogens with zero attached hydrogens (tertiary/aromatic N) is 1. The molecule has 0 spiro atoms. The maximum atomic E-state index is 11.5. The van der Waals surface area contributed by atoms with Gasteiger partial charge in [0.05, 0.1) is 0 Å². The largest absolute Gasteiger partial charge is 0.484 e. The van der Waals surface area contributed by atoms with Crippen molar-refractivity contribution < 1.29 is 9.53 Å². The van der Waals surface area contributed by atoms with Gasteiger partial charge in [-0.2, -0.15) is 0 Å². The number of hydrogen-bond donors (Lipinski definition) is 1. The summed E-state index contributed by atoms with van der Waals surface area (Å²) in [5.41, 5.74) is 6.78. The number of carbonyl (C=O) groups excluding carboxylic acids is 1. The van der Waals surface area contributed by atoms with E-state index >= 15 is 0 Å². The molecule has 0 aliphatic rings. The number of amides is 1. The van der Waals surface area contributed by atoms with Crippen LogP contribution >= 0.6 is 0 Å². The highest BCUT2D eigenvalue weighted by Gasteiger charge is 2.08. The molecule has 2 N–H and O–H groups in total. The zero-order valence-corrected chi connectivity index (χ0v) is 10.6. The molecule has 4 heteroatoms. The van der Waals surface area contributed by atoms with Crippen LogP contribution in [0.4, 0.5) is 0 Å². The van der Waals surface area contributed by atoms with Gasteiger partial charge >= 0.3 is 0 Å². The molecule has 4 nitrogen and oxygen atoms in total. The van der Waals surface area contributed by atoms with Gasteiger partial charge in [-0.05, 0) is 31.5 Å². The van der Waals surface area contributed by atoms with Crippen LogP contribution in [0.3, 0.4) is 0 Å². The van der Waals surface area contributed by atoms with E-state index in [9.17, 15) is 4.79 Å². The first-order valence-electron chi connectivity index (χ1n) is 5.77. The highest BCUT2D eigenvalue weighted by molar-refractivity contribution is 5.77. The molecule has 17 heavy (non-hydrogen) atoms. The lowest BCUT2D eigenvalue weighted by atomic mass is 10.1. The molecule has 1 rings (SSSR count). The average molecular weight is 236 g/mol. The fourth-order valence-corrected chi connectivity index (χ4v) is 1.32. The second-order valence-corrected chi connectivity index (χ2v) is 4.06. The molecule has 1 amide bonds. The van der Waals surface area contributed by atoms with E-state index in [1.54, 1.807) is 11.9 Å². The first kappa shape index (κ1) is 13.5. The Bertz CT molecular complexity index is 377. The molecule has 0 unspecified atom stereocenters. The Balaban J connectivity index is 2.57. The van der Waals surface area contributed by atoms with Crippen LogP contribution in [0.2, 0.25) is 0 Å². The highest BCUT2D eigenvalue weighted by Crippen LogP contribution is 2.17. The van der Waals surface area contributed by atoms with Crippen molar-refractivity contribution >= 4 is 5.91 Å². The van der Waals surface area contributed by atoms with Crippen molar-refractivity contribution in [3.63, 3.8) is 0 Å². The van der Waals surface area contributed by atoms with Crippen LogP contribution in [-0.4, -0.2) is 31.0 Å². The molecule has 0 bridgehead atoms. The number of hydrogen-bond acceptors (Lipinski definition) is 3. The van der Waals surface area contributed by atoms with Gasteiger partial charge in [0.25, 0.3) is 5.91 Å². The van der Waals surface area contributed by atoms with Gasteiger partial charge in [-0.1, -0.05) is 12.1 Å². The zero-order chi connectivity index (χ0) is 12.8. The summed E-state index contributed by atoms with van der Waals surface area (Å²) in [5.74, 6) is 0.649. The predicted octanol–water partition coefficient (Wildman–Crippen LogP) is 1.56. The second-order valence-electron chi connectivity index (χ2n) is 4.06. The monoisotopic (exact) mass is 236 g/mol. The maximum absolute atomic E-state index is 11.5. The van der Waals surface area contributed by atoms with Gasteiger partial charge in [0, 0.05) is 19.6 Å². The van der Waals surface area contributed by atoms with E-state index in [1.807, 2.05) is 38.1 Å². The second kappa shape index (κ2) is 6.25. The van der Waals surface area contributed by atoms with Crippen LogP contribution in [0.15, 0.2) is 24.3 Å². The number of rotatable bonds is 5. The summed E-state index contributed by atoms with van der Waals surface area (Å²) in [6.45, 7) is 4.58. The minimum atomic E-state index is -0.0347. The normalized spacial score (nSPS) is 12.0. The average Bonchev–Trinajstić information content (AvgIpc) is 2.35. The van der Waals surface area contributed by atoms with E-state index in [2.05, 4.69) is 0 Å². The standard InChI is InChI=1S/C13H20N2O2/c1-4-15(3)13(16)9-17-12-7-5-6-11(8-12)10(2)14/h5-8,10H,4,9,14H2,1-3H3/t10-/m1/s1. The molecular formula is C13H20N2O2. The summed E-state index contributed by atoms with van der Waals surface area (Å²) < 4.78 is 5.43. The number of carbonyl (C=O) groups is 1. The van der Waals surface area contributed by atoms with Crippen LogP contribution in [-0.2, 0) is 4.79 Å². The van der Waals surface area contributed by atoms with Crippen molar-refractivity contribution in [2.75, 3.05) is 20.2 Å². The zero-order valence-electron chi connectivity index (χ0n) is 10.6. The fourth-order valence-electron chi connectivity index (χ4n) is 1.32. The lowest BCUT2D eigenvalue weighted by Crippen LogP contribution is -2.31. The van der Waals surface area contributed by atoms with Gasteiger partial charge in [-0.15, -0.1) is 0 Å². The summed E-state index contributed by atoms with van der Waals surface area (Å²) in [6.07, 6.45) is 0.